The SMILES string of the molecule is CC(NC(=O)Nc1cc([N+](=O)[O-])ccc1OC(F)F)c1cccc(Br)c1. The smallest absolute Gasteiger partial charge is 0.387 e. The number of rotatable bonds is 6. The van der Waals surface area contributed by atoms with Crippen LogP contribution in [0.2, 0.25) is 0 Å². The second kappa shape index (κ2) is 8.56. The molecule has 2 aromatic rings. The lowest BCUT2D eigenvalue weighted by atomic mass is 10.1. The molecule has 0 heterocycles. The first-order chi connectivity index (χ1) is 12.3. The van der Waals surface area contributed by atoms with Gasteiger partial charge in [-0.05, 0) is 30.7 Å². The van der Waals surface area contributed by atoms with Crippen molar-refractivity contribution >= 4 is 33.3 Å². The van der Waals surface area contributed by atoms with Crippen molar-refractivity contribution in [1.29, 1.82) is 0 Å². The summed E-state index contributed by atoms with van der Waals surface area (Å²) in [7, 11) is 0. The van der Waals surface area contributed by atoms with Crippen molar-refractivity contribution in [3.63, 3.8) is 0 Å². The molecule has 0 fully saturated rings. The molecule has 0 saturated heterocycles. The number of carbonyl (C=O) groups excluding carboxylic acids is 1. The lowest BCUT2D eigenvalue weighted by Crippen LogP contribution is -2.31. The van der Waals surface area contributed by atoms with E-state index in [-0.39, 0.29) is 17.1 Å². The molecule has 0 aliphatic carbocycles. The third-order valence-electron chi connectivity index (χ3n) is 3.33. The fraction of sp³-hybridized carbons (Fsp3) is 0.188. The standard InChI is InChI=1S/C16H14BrF2N3O4/c1-9(10-3-2-4-11(17)7-10)20-16(23)21-13-8-12(22(24)25)5-6-14(13)26-15(18)19/h2-9,15H,1H3,(H2,20,21,23). The van der Waals surface area contributed by atoms with Gasteiger partial charge in [0.05, 0.1) is 16.7 Å². The van der Waals surface area contributed by atoms with Crippen LogP contribution < -0.4 is 15.4 Å². The van der Waals surface area contributed by atoms with Gasteiger partial charge in [0.2, 0.25) is 0 Å². The van der Waals surface area contributed by atoms with Gasteiger partial charge in [0, 0.05) is 16.6 Å². The maximum absolute atomic E-state index is 12.5. The molecule has 2 N–H and O–H groups in total. The number of ether oxygens (including phenoxy) is 1. The van der Waals surface area contributed by atoms with Crippen LogP contribution in [-0.2, 0) is 0 Å². The lowest BCUT2D eigenvalue weighted by Gasteiger charge is -2.17. The number of hydrogen-bond acceptors (Lipinski definition) is 4. The molecule has 7 nitrogen and oxygen atoms in total. The average Bonchev–Trinajstić information content (AvgIpc) is 2.55. The lowest BCUT2D eigenvalue weighted by molar-refractivity contribution is -0.384. The summed E-state index contributed by atoms with van der Waals surface area (Å²) in [6, 6.07) is 9.06. The van der Waals surface area contributed by atoms with Crippen molar-refractivity contribution in [2.75, 3.05) is 5.32 Å². The molecular formula is C16H14BrF2N3O4. The molecule has 0 spiro atoms. The first kappa shape index (κ1) is 19.6. The Morgan fingerprint density at radius 1 is 1.27 bits per heavy atom. The molecule has 0 aliphatic heterocycles. The van der Waals surface area contributed by atoms with E-state index < -0.39 is 23.6 Å². The summed E-state index contributed by atoms with van der Waals surface area (Å²) in [4.78, 5) is 22.3. The number of halogens is 3. The van der Waals surface area contributed by atoms with Crippen LogP contribution in [0.1, 0.15) is 18.5 Å². The number of amides is 2. The van der Waals surface area contributed by atoms with E-state index in [1.165, 1.54) is 0 Å². The number of nitrogens with one attached hydrogen (secondary N) is 2. The number of nitro groups is 1. The Morgan fingerprint density at radius 2 is 2.00 bits per heavy atom. The largest absolute Gasteiger partial charge is 0.433 e. The van der Waals surface area contributed by atoms with Crippen LogP contribution in [-0.4, -0.2) is 17.6 Å². The fourth-order valence-corrected chi connectivity index (χ4v) is 2.56. The molecule has 1 atom stereocenters. The van der Waals surface area contributed by atoms with Crippen molar-refractivity contribution in [2.24, 2.45) is 0 Å². The number of anilines is 1. The zero-order valence-electron chi connectivity index (χ0n) is 13.4. The Kier molecular flexibility index (Phi) is 6.45. The third-order valence-corrected chi connectivity index (χ3v) is 3.83. The topological polar surface area (TPSA) is 93.5 Å². The quantitative estimate of drug-likeness (QED) is 0.507. The highest BCUT2D eigenvalue weighted by molar-refractivity contribution is 9.10. The molecule has 2 amide bonds. The number of hydrogen-bond donors (Lipinski definition) is 2. The van der Waals surface area contributed by atoms with Crippen molar-refractivity contribution in [2.45, 2.75) is 19.6 Å². The molecule has 138 valence electrons. The highest BCUT2D eigenvalue weighted by Gasteiger charge is 2.18. The van der Waals surface area contributed by atoms with Gasteiger partial charge in [0.1, 0.15) is 5.75 Å². The van der Waals surface area contributed by atoms with Crippen molar-refractivity contribution in [1.82, 2.24) is 5.32 Å². The molecule has 26 heavy (non-hydrogen) atoms. The second-order valence-electron chi connectivity index (χ2n) is 5.19. The number of nitrogens with zero attached hydrogens (tertiary/aromatic N) is 1. The van der Waals surface area contributed by atoms with Gasteiger partial charge >= 0.3 is 12.6 Å². The van der Waals surface area contributed by atoms with E-state index in [9.17, 15) is 23.7 Å². The maximum atomic E-state index is 12.5. The maximum Gasteiger partial charge on any atom is 0.387 e. The van der Waals surface area contributed by atoms with Gasteiger partial charge in [0.25, 0.3) is 5.69 Å². The van der Waals surface area contributed by atoms with E-state index in [1.54, 1.807) is 19.1 Å². The number of carbonyl (C=O) groups is 1. The third kappa shape index (κ3) is 5.38. The van der Waals surface area contributed by atoms with Crippen LogP contribution in [0.5, 0.6) is 5.75 Å². The minimum atomic E-state index is -3.14. The van der Waals surface area contributed by atoms with Gasteiger partial charge in [-0.3, -0.25) is 10.1 Å². The van der Waals surface area contributed by atoms with Gasteiger partial charge in [0.15, 0.2) is 0 Å². The Labute approximate surface area is 155 Å². The minimum Gasteiger partial charge on any atom is -0.433 e. The summed E-state index contributed by atoms with van der Waals surface area (Å²) in [5.74, 6) is -0.379. The predicted molar refractivity (Wildman–Crippen MR) is 94.4 cm³/mol. The van der Waals surface area contributed by atoms with Gasteiger partial charge in [-0.15, -0.1) is 0 Å². The van der Waals surface area contributed by atoms with E-state index in [1.807, 2.05) is 12.1 Å². The van der Waals surface area contributed by atoms with Crippen LogP contribution in [0, 0.1) is 10.1 Å². The summed E-state index contributed by atoms with van der Waals surface area (Å²) in [6.45, 7) is -1.41. The van der Waals surface area contributed by atoms with Crippen LogP contribution in [0.25, 0.3) is 0 Å². The monoisotopic (exact) mass is 429 g/mol. The number of benzene rings is 2. The first-order valence-electron chi connectivity index (χ1n) is 7.32. The summed E-state index contributed by atoms with van der Waals surface area (Å²) in [5.41, 5.74) is 0.193. The van der Waals surface area contributed by atoms with Crippen LogP contribution in [0.3, 0.4) is 0 Å². The molecule has 2 rings (SSSR count). The van der Waals surface area contributed by atoms with Crippen molar-refractivity contribution in [3.8, 4) is 5.75 Å². The molecular weight excluding hydrogens is 416 g/mol. The average molecular weight is 430 g/mol. The molecule has 0 saturated carbocycles. The minimum absolute atomic E-state index is 0.238. The normalized spacial score (nSPS) is 11.7. The first-order valence-corrected chi connectivity index (χ1v) is 8.12. The highest BCUT2D eigenvalue weighted by Crippen LogP contribution is 2.30. The van der Waals surface area contributed by atoms with Gasteiger partial charge in [-0.25, -0.2) is 4.79 Å². The van der Waals surface area contributed by atoms with E-state index in [4.69, 9.17) is 0 Å². The highest BCUT2D eigenvalue weighted by atomic mass is 79.9. The number of alkyl halides is 2. The fourth-order valence-electron chi connectivity index (χ4n) is 2.14. The molecule has 0 aromatic heterocycles. The zero-order chi connectivity index (χ0) is 19.3. The van der Waals surface area contributed by atoms with E-state index in [0.29, 0.717) is 0 Å². The summed E-state index contributed by atoms with van der Waals surface area (Å²) in [6.07, 6.45) is 0. The van der Waals surface area contributed by atoms with Gasteiger partial charge in [-0.1, -0.05) is 28.1 Å². The Hall–Kier alpha value is -2.75. The predicted octanol–water partition coefficient (Wildman–Crippen LogP) is 4.84. The Balaban J connectivity index is 2.16. The van der Waals surface area contributed by atoms with Crippen LogP contribution in [0.4, 0.5) is 25.0 Å². The Bertz CT molecular complexity index is 820. The second-order valence-corrected chi connectivity index (χ2v) is 6.11. The molecule has 10 heteroatoms. The van der Waals surface area contributed by atoms with Crippen molar-refractivity contribution in [3.05, 3.63) is 62.6 Å². The van der Waals surface area contributed by atoms with E-state index in [0.717, 1.165) is 28.2 Å². The molecule has 0 bridgehead atoms. The number of urea groups is 1. The van der Waals surface area contributed by atoms with Gasteiger partial charge in [-0.2, -0.15) is 8.78 Å². The van der Waals surface area contributed by atoms with E-state index in [2.05, 4.69) is 31.3 Å². The Morgan fingerprint density at radius 3 is 2.62 bits per heavy atom. The van der Waals surface area contributed by atoms with Crippen molar-refractivity contribution < 1.29 is 23.2 Å². The zero-order valence-corrected chi connectivity index (χ0v) is 15.0. The molecule has 1 unspecified atom stereocenters. The summed E-state index contributed by atoms with van der Waals surface area (Å²) in [5, 5.41) is 15.8. The number of non-ortho nitro benzene ring substituents is 1. The van der Waals surface area contributed by atoms with Crippen LogP contribution >= 0.6 is 15.9 Å². The molecule has 2 aromatic carbocycles. The van der Waals surface area contributed by atoms with Crippen LogP contribution in [0.15, 0.2) is 46.9 Å². The summed E-state index contributed by atoms with van der Waals surface area (Å²) >= 11 is 3.32. The molecule has 0 aliphatic rings. The molecule has 0 radical (unpaired) electrons. The van der Waals surface area contributed by atoms with Gasteiger partial charge < -0.3 is 15.4 Å². The van der Waals surface area contributed by atoms with E-state index >= 15 is 0 Å². The summed E-state index contributed by atoms with van der Waals surface area (Å²) < 4.78 is 30.1. The number of nitro benzene ring substituents is 1.